The molecule has 31 heavy (non-hydrogen) atoms. The number of primary amides is 1. The first-order valence-electron chi connectivity index (χ1n) is 10.5. The van der Waals surface area contributed by atoms with E-state index in [-0.39, 0.29) is 0 Å². The third-order valence-corrected chi connectivity index (χ3v) is 7.64. The van der Waals surface area contributed by atoms with Crippen molar-refractivity contribution in [2.75, 3.05) is 49.1 Å². The summed E-state index contributed by atoms with van der Waals surface area (Å²) in [4.78, 5) is 18.5. The Morgan fingerprint density at radius 3 is 2.55 bits per heavy atom. The van der Waals surface area contributed by atoms with E-state index in [0.29, 0.717) is 16.6 Å². The minimum absolute atomic E-state index is 0.390. The fourth-order valence-electron chi connectivity index (χ4n) is 3.98. The second-order valence-electron chi connectivity index (χ2n) is 7.72. The summed E-state index contributed by atoms with van der Waals surface area (Å²) < 4.78 is 1.17. The highest BCUT2D eigenvalue weighted by molar-refractivity contribution is 7.23. The molecule has 0 atom stereocenters. The summed E-state index contributed by atoms with van der Waals surface area (Å²) in [5.41, 5.74) is 6.68. The Balaban J connectivity index is 1.25. The standard InChI is InChI=1S/C23H26Cl2N4OS/c24-18-7-5-8-19(22(18)25)28-14-12-27(13-15-28)10-3-4-11-29(23(26)30)21-16-17-6-1-2-9-20(17)31-21/h1-2,5-9,16H,3-4,10-15H2,(H2,26,30). The van der Waals surface area contributed by atoms with Crippen LogP contribution >= 0.6 is 34.5 Å². The first-order chi connectivity index (χ1) is 15.0. The molecule has 0 radical (unpaired) electrons. The quantitative estimate of drug-likeness (QED) is 0.445. The number of anilines is 2. The van der Waals surface area contributed by atoms with E-state index in [9.17, 15) is 4.79 Å². The number of fused-ring (bicyclic) bond motifs is 1. The topological polar surface area (TPSA) is 52.8 Å². The van der Waals surface area contributed by atoms with Crippen molar-refractivity contribution in [1.29, 1.82) is 0 Å². The van der Waals surface area contributed by atoms with Crippen LogP contribution in [-0.2, 0) is 0 Å². The molecule has 2 aromatic carbocycles. The summed E-state index contributed by atoms with van der Waals surface area (Å²) in [7, 11) is 0. The van der Waals surface area contributed by atoms with E-state index < -0.39 is 6.03 Å². The summed E-state index contributed by atoms with van der Waals surface area (Å²) in [6, 6.07) is 15.6. The molecular weight excluding hydrogens is 451 g/mol. The summed E-state index contributed by atoms with van der Waals surface area (Å²) in [6.45, 7) is 5.47. The highest BCUT2D eigenvalue weighted by Crippen LogP contribution is 2.33. The van der Waals surface area contributed by atoms with Gasteiger partial charge >= 0.3 is 6.03 Å². The molecule has 4 rings (SSSR count). The lowest BCUT2D eigenvalue weighted by molar-refractivity contribution is 0.249. The van der Waals surface area contributed by atoms with Crippen LogP contribution in [0.5, 0.6) is 0 Å². The molecule has 2 N–H and O–H groups in total. The molecular formula is C23H26Cl2N4OS. The number of nitrogens with two attached hydrogens (primary N) is 1. The zero-order valence-electron chi connectivity index (χ0n) is 17.3. The van der Waals surface area contributed by atoms with E-state index in [2.05, 4.69) is 21.9 Å². The predicted octanol–water partition coefficient (Wildman–Crippen LogP) is 5.70. The van der Waals surface area contributed by atoms with Crippen molar-refractivity contribution in [3.63, 3.8) is 0 Å². The summed E-state index contributed by atoms with van der Waals surface area (Å²) in [5.74, 6) is 0. The molecule has 2 heterocycles. The smallest absolute Gasteiger partial charge is 0.319 e. The number of piperazine rings is 1. The van der Waals surface area contributed by atoms with Gasteiger partial charge in [-0.2, -0.15) is 0 Å². The maximum absolute atomic E-state index is 12.0. The lowest BCUT2D eigenvalue weighted by Crippen LogP contribution is -2.46. The molecule has 2 amide bonds. The fraction of sp³-hybridized carbons (Fsp3) is 0.348. The van der Waals surface area contributed by atoms with Crippen LogP contribution in [0.25, 0.3) is 10.1 Å². The number of halogens is 2. The van der Waals surface area contributed by atoms with Gasteiger partial charge in [-0.15, -0.1) is 11.3 Å². The van der Waals surface area contributed by atoms with E-state index in [1.165, 1.54) is 4.70 Å². The second kappa shape index (κ2) is 10.1. The van der Waals surface area contributed by atoms with Crippen LogP contribution in [0.1, 0.15) is 12.8 Å². The van der Waals surface area contributed by atoms with E-state index in [0.717, 1.165) is 61.6 Å². The molecule has 0 bridgehead atoms. The highest BCUT2D eigenvalue weighted by Gasteiger charge is 2.20. The number of nitrogens with zero attached hydrogens (tertiary/aromatic N) is 3. The molecule has 0 saturated carbocycles. The third kappa shape index (κ3) is 5.26. The molecule has 3 aromatic rings. The van der Waals surface area contributed by atoms with Crippen LogP contribution < -0.4 is 15.5 Å². The van der Waals surface area contributed by atoms with E-state index >= 15 is 0 Å². The number of urea groups is 1. The molecule has 0 spiro atoms. The normalized spacial score (nSPS) is 14.8. The van der Waals surface area contributed by atoms with Crippen molar-refractivity contribution < 1.29 is 4.79 Å². The van der Waals surface area contributed by atoms with Gasteiger partial charge in [0.05, 0.1) is 15.7 Å². The zero-order valence-corrected chi connectivity index (χ0v) is 19.6. The number of thiophene rings is 1. The van der Waals surface area contributed by atoms with Crippen molar-refractivity contribution in [3.05, 3.63) is 58.6 Å². The second-order valence-corrected chi connectivity index (χ2v) is 9.57. The van der Waals surface area contributed by atoms with Crippen LogP contribution in [0.3, 0.4) is 0 Å². The first kappa shape index (κ1) is 22.2. The Morgan fingerprint density at radius 2 is 1.81 bits per heavy atom. The summed E-state index contributed by atoms with van der Waals surface area (Å²) in [5, 5.41) is 3.29. The zero-order chi connectivity index (χ0) is 21.8. The average Bonchev–Trinajstić information content (AvgIpc) is 3.19. The van der Waals surface area contributed by atoms with Crippen LogP contribution in [0, 0.1) is 0 Å². The Morgan fingerprint density at radius 1 is 1.03 bits per heavy atom. The van der Waals surface area contributed by atoms with E-state index in [1.54, 1.807) is 16.2 Å². The maximum Gasteiger partial charge on any atom is 0.319 e. The SMILES string of the molecule is NC(=O)N(CCCCN1CCN(c2cccc(Cl)c2Cl)CC1)c1cc2ccccc2s1. The summed E-state index contributed by atoms with van der Waals surface area (Å²) >= 11 is 14.1. The van der Waals surface area contributed by atoms with Crippen LogP contribution in [0.2, 0.25) is 10.0 Å². The fourth-order valence-corrected chi connectivity index (χ4v) is 5.49. The van der Waals surface area contributed by atoms with Crippen LogP contribution in [0.15, 0.2) is 48.5 Å². The van der Waals surface area contributed by atoms with Crippen molar-refractivity contribution >= 4 is 61.3 Å². The van der Waals surface area contributed by atoms with Crippen molar-refractivity contribution in [2.45, 2.75) is 12.8 Å². The number of unbranched alkanes of at least 4 members (excludes halogenated alkanes) is 1. The van der Waals surface area contributed by atoms with Gasteiger partial charge in [-0.1, -0.05) is 47.5 Å². The number of hydrogen-bond donors (Lipinski definition) is 1. The lowest BCUT2D eigenvalue weighted by Gasteiger charge is -2.36. The Bertz CT molecular complexity index is 1020. The van der Waals surface area contributed by atoms with Crippen molar-refractivity contribution in [3.8, 4) is 0 Å². The number of benzene rings is 2. The Labute approximate surface area is 196 Å². The van der Waals surface area contributed by atoms with Crippen LogP contribution in [-0.4, -0.2) is 50.2 Å². The molecule has 1 saturated heterocycles. The van der Waals surface area contributed by atoms with Gasteiger partial charge in [-0.25, -0.2) is 4.79 Å². The lowest BCUT2D eigenvalue weighted by atomic mass is 10.2. The Hall–Kier alpha value is -1.99. The molecule has 164 valence electrons. The van der Waals surface area contributed by atoms with Gasteiger partial charge in [-0.05, 0) is 49.0 Å². The third-order valence-electron chi connectivity index (χ3n) is 5.69. The number of amides is 2. The van der Waals surface area contributed by atoms with Gasteiger partial charge in [0.15, 0.2) is 0 Å². The minimum atomic E-state index is -0.390. The van der Waals surface area contributed by atoms with Gasteiger partial charge < -0.3 is 10.6 Å². The largest absolute Gasteiger partial charge is 0.368 e. The molecule has 1 aromatic heterocycles. The monoisotopic (exact) mass is 476 g/mol. The van der Waals surface area contributed by atoms with Crippen molar-refractivity contribution in [2.24, 2.45) is 5.73 Å². The molecule has 5 nitrogen and oxygen atoms in total. The van der Waals surface area contributed by atoms with Crippen molar-refractivity contribution in [1.82, 2.24) is 4.90 Å². The number of rotatable bonds is 7. The molecule has 1 aliphatic rings. The first-order valence-corrected chi connectivity index (χ1v) is 12.1. The number of carbonyl (C=O) groups is 1. The van der Waals surface area contributed by atoms with Gasteiger partial charge in [0.2, 0.25) is 0 Å². The minimum Gasteiger partial charge on any atom is -0.368 e. The van der Waals surface area contributed by atoms with Crippen LogP contribution in [0.4, 0.5) is 15.5 Å². The maximum atomic E-state index is 12.0. The molecule has 1 aliphatic heterocycles. The predicted molar refractivity (Wildman–Crippen MR) is 133 cm³/mol. The molecule has 1 fully saturated rings. The Kier molecular flexibility index (Phi) is 7.23. The van der Waals surface area contributed by atoms with E-state index in [1.807, 2.05) is 36.4 Å². The highest BCUT2D eigenvalue weighted by atomic mass is 35.5. The molecule has 8 heteroatoms. The van der Waals surface area contributed by atoms with Gasteiger partial charge in [-0.3, -0.25) is 9.80 Å². The van der Waals surface area contributed by atoms with E-state index in [4.69, 9.17) is 28.9 Å². The summed E-state index contributed by atoms with van der Waals surface area (Å²) in [6.07, 6.45) is 1.93. The van der Waals surface area contributed by atoms with Gasteiger partial charge in [0.25, 0.3) is 0 Å². The molecule has 0 unspecified atom stereocenters. The average molecular weight is 477 g/mol. The van der Waals surface area contributed by atoms with Gasteiger partial charge in [0.1, 0.15) is 5.00 Å². The number of carbonyl (C=O) groups excluding carboxylic acids is 1. The molecule has 0 aliphatic carbocycles. The van der Waals surface area contributed by atoms with Gasteiger partial charge in [0, 0.05) is 37.4 Å². The number of hydrogen-bond acceptors (Lipinski definition) is 4.